The van der Waals surface area contributed by atoms with Gasteiger partial charge in [0.25, 0.3) is 0 Å². The van der Waals surface area contributed by atoms with Gasteiger partial charge in [0, 0.05) is 12.1 Å². The number of aliphatic hydroxyl groups excluding tert-OH is 1. The predicted octanol–water partition coefficient (Wildman–Crippen LogP) is 1.96. The Morgan fingerprint density at radius 3 is 2.73 bits per heavy atom. The van der Waals surface area contributed by atoms with Gasteiger partial charge in [-0.3, -0.25) is 4.90 Å². The third-order valence-corrected chi connectivity index (χ3v) is 3.61. The number of aliphatic hydroxyl groups is 1. The molecule has 0 saturated heterocycles. The minimum atomic E-state index is -0.199. The molecule has 0 radical (unpaired) electrons. The van der Waals surface area contributed by atoms with Crippen LogP contribution in [-0.2, 0) is 6.54 Å². The fraction of sp³-hybridized carbons (Fsp3) is 0.636. The second-order valence-electron chi connectivity index (χ2n) is 4.24. The van der Waals surface area contributed by atoms with E-state index in [1.54, 1.807) is 18.4 Å². The van der Waals surface area contributed by atoms with Crippen molar-refractivity contribution in [3.05, 3.63) is 16.3 Å². The number of nitrogens with zero attached hydrogens (tertiary/aromatic N) is 1. The number of methoxy groups -OCH3 is 1. The van der Waals surface area contributed by atoms with Gasteiger partial charge in [-0.25, -0.2) is 0 Å². The molecule has 0 aliphatic heterocycles. The fourth-order valence-electron chi connectivity index (χ4n) is 1.18. The molecule has 0 unspecified atom stereocenters. The lowest BCUT2D eigenvalue weighted by Gasteiger charge is -2.33. The summed E-state index contributed by atoms with van der Waals surface area (Å²) in [6, 6.07) is 1.97. The molecular weight excluding hydrogens is 210 g/mol. The molecule has 1 aromatic heterocycles. The molecule has 86 valence electrons. The summed E-state index contributed by atoms with van der Waals surface area (Å²) in [6.07, 6.45) is 0. The van der Waals surface area contributed by atoms with Crippen molar-refractivity contribution in [3.63, 3.8) is 0 Å². The van der Waals surface area contributed by atoms with Crippen LogP contribution >= 0.6 is 11.3 Å². The van der Waals surface area contributed by atoms with E-state index in [-0.39, 0.29) is 12.1 Å². The van der Waals surface area contributed by atoms with Crippen molar-refractivity contribution in [2.24, 2.45) is 0 Å². The van der Waals surface area contributed by atoms with E-state index in [2.05, 4.69) is 4.90 Å². The van der Waals surface area contributed by atoms with Crippen LogP contribution in [0.5, 0.6) is 5.75 Å². The van der Waals surface area contributed by atoms with E-state index in [0.29, 0.717) is 0 Å². The van der Waals surface area contributed by atoms with Crippen molar-refractivity contribution in [3.8, 4) is 5.75 Å². The van der Waals surface area contributed by atoms with Crippen molar-refractivity contribution in [2.45, 2.75) is 25.9 Å². The smallest absolute Gasteiger partial charge is 0.134 e. The first-order valence-electron chi connectivity index (χ1n) is 4.93. The average molecular weight is 229 g/mol. The molecule has 0 aliphatic carbocycles. The Hall–Kier alpha value is -0.580. The summed E-state index contributed by atoms with van der Waals surface area (Å²) in [5, 5.41) is 11.3. The summed E-state index contributed by atoms with van der Waals surface area (Å²) in [6.45, 7) is 4.99. The van der Waals surface area contributed by atoms with Gasteiger partial charge in [0.05, 0.1) is 18.6 Å². The zero-order valence-electron chi connectivity index (χ0n) is 9.78. The summed E-state index contributed by atoms with van der Waals surface area (Å²) in [4.78, 5) is 3.32. The summed E-state index contributed by atoms with van der Waals surface area (Å²) in [5.41, 5.74) is -0.199. The van der Waals surface area contributed by atoms with Crippen molar-refractivity contribution in [1.29, 1.82) is 0 Å². The van der Waals surface area contributed by atoms with Gasteiger partial charge in [0.15, 0.2) is 0 Å². The Bertz CT molecular complexity index is 309. The van der Waals surface area contributed by atoms with Crippen LogP contribution in [0.25, 0.3) is 0 Å². The minimum Gasteiger partial charge on any atom is -0.496 e. The molecule has 0 amide bonds. The lowest BCUT2D eigenvalue weighted by molar-refractivity contribution is 0.0736. The van der Waals surface area contributed by atoms with Crippen LogP contribution in [0, 0.1) is 0 Å². The Morgan fingerprint density at radius 1 is 1.53 bits per heavy atom. The Balaban J connectivity index is 2.70. The Kier molecular flexibility index (Phi) is 4.13. The number of rotatable bonds is 5. The molecule has 0 bridgehead atoms. The third kappa shape index (κ3) is 2.93. The standard InChI is InChI=1S/C11H19NO2S/c1-11(2,8-13)12(3)7-10-9(14-4)5-6-15-10/h5-6,13H,7-8H2,1-4H3. The largest absolute Gasteiger partial charge is 0.496 e. The maximum Gasteiger partial charge on any atom is 0.134 e. The van der Waals surface area contributed by atoms with Crippen LogP contribution in [0.1, 0.15) is 18.7 Å². The van der Waals surface area contributed by atoms with Gasteiger partial charge in [-0.2, -0.15) is 0 Å². The van der Waals surface area contributed by atoms with Crippen molar-refractivity contribution in [2.75, 3.05) is 20.8 Å². The maximum absolute atomic E-state index is 9.25. The van der Waals surface area contributed by atoms with Crippen LogP contribution in [-0.4, -0.2) is 36.3 Å². The van der Waals surface area contributed by atoms with E-state index in [1.807, 2.05) is 32.3 Å². The first-order valence-corrected chi connectivity index (χ1v) is 5.81. The van der Waals surface area contributed by atoms with E-state index in [4.69, 9.17) is 4.74 Å². The van der Waals surface area contributed by atoms with Gasteiger partial charge in [-0.1, -0.05) is 0 Å². The van der Waals surface area contributed by atoms with Crippen LogP contribution in [0.4, 0.5) is 0 Å². The molecule has 15 heavy (non-hydrogen) atoms. The molecule has 1 heterocycles. The molecule has 1 aromatic rings. The highest BCUT2D eigenvalue weighted by Gasteiger charge is 2.23. The van der Waals surface area contributed by atoms with Gasteiger partial charge in [0.2, 0.25) is 0 Å². The molecule has 0 saturated carbocycles. The summed E-state index contributed by atoms with van der Waals surface area (Å²) < 4.78 is 5.25. The van der Waals surface area contributed by atoms with Crippen LogP contribution in [0.15, 0.2) is 11.4 Å². The zero-order valence-corrected chi connectivity index (χ0v) is 10.6. The molecule has 0 spiro atoms. The van der Waals surface area contributed by atoms with Gasteiger partial charge in [-0.05, 0) is 32.3 Å². The van der Waals surface area contributed by atoms with Gasteiger partial charge in [0.1, 0.15) is 5.75 Å². The van der Waals surface area contributed by atoms with E-state index < -0.39 is 0 Å². The van der Waals surface area contributed by atoms with Crippen LogP contribution < -0.4 is 4.74 Å². The first kappa shape index (κ1) is 12.5. The predicted molar refractivity (Wildman–Crippen MR) is 63.5 cm³/mol. The Morgan fingerprint density at radius 2 is 2.20 bits per heavy atom. The molecule has 4 heteroatoms. The van der Waals surface area contributed by atoms with E-state index >= 15 is 0 Å². The highest BCUT2D eigenvalue weighted by molar-refractivity contribution is 7.10. The Labute approximate surface area is 95.3 Å². The normalized spacial score (nSPS) is 12.1. The second kappa shape index (κ2) is 4.96. The van der Waals surface area contributed by atoms with Gasteiger partial charge >= 0.3 is 0 Å². The molecule has 0 aromatic carbocycles. The SMILES string of the molecule is COc1ccsc1CN(C)C(C)(C)CO. The third-order valence-electron chi connectivity index (χ3n) is 2.73. The number of thiophene rings is 1. The molecular formula is C11H19NO2S. The molecule has 1 rings (SSSR count). The molecule has 0 atom stereocenters. The van der Waals surface area contributed by atoms with Gasteiger partial charge in [-0.15, -0.1) is 11.3 Å². The number of hydrogen-bond donors (Lipinski definition) is 1. The molecule has 0 aliphatic rings. The number of likely N-dealkylation sites (N-methyl/N-ethyl adjacent to an activating group) is 1. The minimum absolute atomic E-state index is 0.150. The van der Waals surface area contributed by atoms with Crippen LogP contribution in [0.2, 0.25) is 0 Å². The quantitative estimate of drug-likeness (QED) is 0.838. The molecule has 0 fully saturated rings. The average Bonchev–Trinajstić information content (AvgIpc) is 2.65. The number of hydrogen-bond acceptors (Lipinski definition) is 4. The van der Waals surface area contributed by atoms with Crippen molar-refractivity contribution in [1.82, 2.24) is 4.90 Å². The molecule has 1 N–H and O–H groups in total. The summed E-state index contributed by atoms with van der Waals surface area (Å²) in [7, 11) is 3.69. The maximum atomic E-state index is 9.25. The second-order valence-corrected chi connectivity index (χ2v) is 5.24. The van der Waals surface area contributed by atoms with E-state index in [0.717, 1.165) is 12.3 Å². The van der Waals surface area contributed by atoms with Gasteiger partial charge < -0.3 is 9.84 Å². The van der Waals surface area contributed by atoms with Crippen molar-refractivity contribution < 1.29 is 9.84 Å². The number of ether oxygens (including phenoxy) is 1. The van der Waals surface area contributed by atoms with E-state index in [1.165, 1.54) is 4.88 Å². The fourth-order valence-corrected chi connectivity index (χ4v) is 2.07. The highest BCUT2D eigenvalue weighted by Crippen LogP contribution is 2.27. The lowest BCUT2D eigenvalue weighted by Crippen LogP contribution is -2.43. The zero-order chi connectivity index (χ0) is 11.5. The van der Waals surface area contributed by atoms with Crippen molar-refractivity contribution >= 4 is 11.3 Å². The molecule has 3 nitrogen and oxygen atoms in total. The first-order chi connectivity index (χ1) is 7.01. The van der Waals surface area contributed by atoms with Crippen LogP contribution in [0.3, 0.4) is 0 Å². The highest BCUT2D eigenvalue weighted by atomic mass is 32.1. The monoisotopic (exact) mass is 229 g/mol. The van der Waals surface area contributed by atoms with E-state index in [9.17, 15) is 5.11 Å². The lowest BCUT2D eigenvalue weighted by atomic mass is 10.1. The topological polar surface area (TPSA) is 32.7 Å². The summed E-state index contributed by atoms with van der Waals surface area (Å²) >= 11 is 1.68. The summed E-state index contributed by atoms with van der Waals surface area (Å²) in [5.74, 6) is 0.931.